The Labute approximate surface area is 155 Å². The molecule has 1 heterocycles. The van der Waals surface area contributed by atoms with Crippen LogP contribution in [0, 0.1) is 0 Å². The monoisotopic (exact) mass is 354 g/mol. The van der Waals surface area contributed by atoms with Crippen LogP contribution in [0.4, 0.5) is 0 Å². The molecule has 4 aromatic carbocycles. The summed E-state index contributed by atoms with van der Waals surface area (Å²) in [6.07, 6.45) is 0. The van der Waals surface area contributed by atoms with Gasteiger partial charge in [0.25, 0.3) is 0 Å². The number of hydrogen-bond acceptors (Lipinski definition) is 3. The fourth-order valence-corrected chi connectivity index (χ4v) is 4.93. The SMILES string of the molecule is OB(O)c1ccccc1-c1cccc2sc3ccc4ccccc4c3c12. The van der Waals surface area contributed by atoms with Crippen LogP contribution in [0.5, 0.6) is 0 Å². The largest absolute Gasteiger partial charge is 0.489 e. The first-order chi connectivity index (χ1) is 12.7. The first-order valence-electron chi connectivity index (χ1n) is 8.52. The van der Waals surface area contributed by atoms with Gasteiger partial charge in [-0.2, -0.15) is 0 Å². The highest BCUT2D eigenvalue weighted by molar-refractivity contribution is 7.26. The molecule has 2 nitrogen and oxygen atoms in total. The van der Waals surface area contributed by atoms with Gasteiger partial charge >= 0.3 is 7.12 Å². The highest BCUT2D eigenvalue weighted by Crippen LogP contribution is 2.42. The van der Waals surface area contributed by atoms with Crippen molar-refractivity contribution in [3.05, 3.63) is 78.9 Å². The van der Waals surface area contributed by atoms with E-state index in [0.29, 0.717) is 5.46 Å². The Bertz CT molecular complexity index is 1270. The molecule has 0 unspecified atom stereocenters. The first kappa shape index (κ1) is 15.6. The van der Waals surface area contributed by atoms with Crippen LogP contribution >= 0.6 is 11.3 Å². The van der Waals surface area contributed by atoms with Crippen molar-refractivity contribution in [3.63, 3.8) is 0 Å². The minimum Gasteiger partial charge on any atom is -0.423 e. The molecule has 26 heavy (non-hydrogen) atoms. The average Bonchev–Trinajstić information content (AvgIpc) is 3.07. The van der Waals surface area contributed by atoms with Gasteiger partial charge in [0.2, 0.25) is 0 Å². The molecule has 0 bridgehead atoms. The summed E-state index contributed by atoms with van der Waals surface area (Å²) in [6, 6.07) is 26.5. The minimum absolute atomic E-state index is 0.527. The zero-order valence-corrected chi connectivity index (χ0v) is 14.7. The van der Waals surface area contributed by atoms with Gasteiger partial charge in [0.05, 0.1) is 0 Å². The zero-order chi connectivity index (χ0) is 17.7. The summed E-state index contributed by atoms with van der Waals surface area (Å²) >= 11 is 1.77. The highest BCUT2D eigenvalue weighted by Gasteiger charge is 2.19. The molecular formula is C22H15BO2S. The lowest BCUT2D eigenvalue weighted by Crippen LogP contribution is -2.31. The van der Waals surface area contributed by atoms with E-state index in [4.69, 9.17) is 0 Å². The summed E-state index contributed by atoms with van der Waals surface area (Å²) in [7, 11) is -1.50. The lowest BCUT2D eigenvalue weighted by atomic mass is 9.75. The summed E-state index contributed by atoms with van der Waals surface area (Å²) in [6.45, 7) is 0. The molecule has 5 rings (SSSR count). The Morgan fingerprint density at radius 1 is 0.615 bits per heavy atom. The third-order valence-electron chi connectivity index (χ3n) is 4.92. The summed E-state index contributed by atoms with van der Waals surface area (Å²) in [5, 5.41) is 24.5. The third-order valence-corrected chi connectivity index (χ3v) is 6.04. The van der Waals surface area contributed by atoms with E-state index in [1.165, 1.54) is 30.9 Å². The van der Waals surface area contributed by atoms with Gasteiger partial charge in [-0.15, -0.1) is 11.3 Å². The molecule has 0 aliphatic rings. The summed E-state index contributed by atoms with van der Waals surface area (Å²) < 4.78 is 2.45. The molecule has 0 atom stereocenters. The predicted molar refractivity (Wildman–Crippen MR) is 112 cm³/mol. The van der Waals surface area contributed by atoms with Gasteiger partial charge in [-0.25, -0.2) is 0 Å². The van der Waals surface area contributed by atoms with Crippen molar-refractivity contribution >= 4 is 54.9 Å². The lowest BCUT2D eigenvalue weighted by Gasteiger charge is -2.11. The molecule has 1 aromatic heterocycles. The predicted octanol–water partition coefficient (Wildman–Crippen LogP) is 4.55. The fourth-order valence-electron chi connectivity index (χ4n) is 3.78. The number of benzene rings is 4. The third kappa shape index (κ3) is 2.27. The molecule has 2 N–H and O–H groups in total. The van der Waals surface area contributed by atoms with Crippen LogP contribution in [0.2, 0.25) is 0 Å². The van der Waals surface area contributed by atoms with Crippen molar-refractivity contribution in [3.8, 4) is 11.1 Å². The van der Waals surface area contributed by atoms with Crippen LogP contribution in [0.25, 0.3) is 42.1 Å². The molecule has 0 aliphatic heterocycles. The summed E-state index contributed by atoms with van der Waals surface area (Å²) in [4.78, 5) is 0. The van der Waals surface area contributed by atoms with E-state index < -0.39 is 7.12 Å². The molecule has 0 aliphatic carbocycles. The standard InChI is InChI=1S/C22H15BO2S/c24-23(25)18-10-4-3-8-16(18)17-9-5-11-19-22(17)21-15-7-2-1-6-14(15)12-13-20(21)26-19/h1-13,24-25H. The van der Waals surface area contributed by atoms with Crippen molar-refractivity contribution in [1.82, 2.24) is 0 Å². The molecule has 0 saturated carbocycles. The zero-order valence-electron chi connectivity index (χ0n) is 13.9. The van der Waals surface area contributed by atoms with Crippen molar-refractivity contribution in [2.24, 2.45) is 0 Å². The second-order valence-electron chi connectivity index (χ2n) is 6.40. The Hall–Kier alpha value is -2.66. The smallest absolute Gasteiger partial charge is 0.423 e. The molecule has 5 aromatic rings. The van der Waals surface area contributed by atoms with Gasteiger partial charge in [-0.05, 0) is 39.5 Å². The molecular weight excluding hydrogens is 339 g/mol. The second kappa shape index (κ2) is 5.96. The molecule has 0 saturated heterocycles. The van der Waals surface area contributed by atoms with Crippen LogP contribution in [-0.2, 0) is 0 Å². The van der Waals surface area contributed by atoms with Crippen LogP contribution < -0.4 is 5.46 Å². The topological polar surface area (TPSA) is 40.5 Å². The molecule has 4 heteroatoms. The number of thiophene rings is 1. The molecule has 0 fully saturated rings. The minimum atomic E-state index is -1.50. The van der Waals surface area contributed by atoms with E-state index in [2.05, 4.69) is 48.5 Å². The van der Waals surface area contributed by atoms with Gasteiger partial charge in [0.1, 0.15) is 0 Å². The van der Waals surface area contributed by atoms with Gasteiger partial charge < -0.3 is 10.0 Å². The molecule has 0 spiro atoms. The van der Waals surface area contributed by atoms with Crippen LogP contribution in [0.1, 0.15) is 0 Å². The fraction of sp³-hybridized carbons (Fsp3) is 0. The van der Waals surface area contributed by atoms with Crippen LogP contribution in [0.3, 0.4) is 0 Å². The van der Waals surface area contributed by atoms with Gasteiger partial charge in [-0.1, -0.05) is 66.7 Å². The van der Waals surface area contributed by atoms with Crippen LogP contribution in [0.15, 0.2) is 78.9 Å². The average molecular weight is 354 g/mol. The van der Waals surface area contributed by atoms with E-state index in [9.17, 15) is 10.0 Å². The van der Waals surface area contributed by atoms with Crippen molar-refractivity contribution in [2.75, 3.05) is 0 Å². The maximum atomic E-state index is 9.83. The van der Waals surface area contributed by atoms with E-state index >= 15 is 0 Å². The van der Waals surface area contributed by atoms with E-state index in [1.807, 2.05) is 24.3 Å². The molecule has 0 amide bonds. The Morgan fingerprint density at radius 2 is 1.35 bits per heavy atom. The number of fused-ring (bicyclic) bond motifs is 5. The maximum Gasteiger partial charge on any atom is 0.489 e. The van der Waals surface area contributed by atoms with Crippen molar-refractivity contribution in [2.45, 2.75) is 0 Å². The van der Waals surface area contributed by atoms with Crippen molar-refractivity contribution < 1.29 is 10.0 Å². The highest BCUT2D eigenvalue weighted by atomic mass is 32.1. The Balaban J connectivity index is 1.98. The normalized spacial score (nSPS) is 11.5. The maximum absolute atomic E-state index is 9.83. The van der Waals surface area contributed by atoms with E-state index in [0.717, 1.165) is 11.1 Å². The van der Waals surface area contributed by atoms with E-state index in [-0.39, 0.29) is 0 Å². The van der Waals surface area contributed by atoms with E-state index in [1.54, 1.807) is 17.4 Å². The molecule has 124 valence electrons. The number of hydrogen-bond donors (Lipinski definition) is 2. The Kier molecular flexibility index (Phi) is 3.57. The number of rotatable bonds is 2. The lowest BCUT2D eigenvalue weighted by molar-refractivity contribution is 0.426. The summed E-state index contributed by atoms with van der Waals surface area (Å²) in [5.41, 5.74) is 2.43. The van der Waals surface area contributed by atoms with Crippen molar-refractivity contribution in [1.29, 1.82) is 0 Å². The molecule has 0 radical (unpaired) electrons. The van der Waals surface area contributed by atoms with Gasteiger partial charge in [0.15, 0.2) is 0 Å². The quantitative estimate of drug-likeness (QED) is 0.457. The van der Waals surface area contributed by atoms with Gasteiger partial charge in [-0.3, -0.25) is 0 Å². The second-order valence-corrected chi connectivity index (χ2v) is 7.49. The Morgan fingerprint density at radius 3 is 2.23 bits per heavy atom. The van der Waals surface area contributed by atoms with Gasteiger partial charge in [0, 0.05) is 20.2 Å². The van der Waals surface area contributed by atoms with Crippen LogP contribution in [-0.4, -0.2) is 17.2 Å². The summed E-state index contributed by atoms with van der Waals surface area (Å²) in [5.74, 6) is 0. The first-order valence-corrected chi connectivity index (χ1v) is 9.34.